The van der Waals surface area contributed by atoms with Crippen LogP contribution in [0.4, 0.5) is 0 Å². The van der Waals surface area contributed by atoms with Crippen molar-refractivity contribution in [2.75, 3.05) is 0 Å². The van der Waals surface area contributed by atoms with E-state index in [0.717, 1.165) is 15.9 Å². The van der Waals surface area contributed by atoms with Gasteiger partial charge in [0.05, 0.1) is 15.9 Å². The fraction of sp³-hybridized carbons (Fsp3) is 0.600. The number of amides is 1. The van der Waals surface area contributed by atoms with Crippen molar-refractivity contribution in [3.63, 3.8) is 0 Å². The Kier molecular flexibility index (Phi) is 4.49. The number of hydrogen-bond acceptors (Lipinski definition) is 3. The summed E-state index contributed by atoms with van der Waals surface area (Å²) in [5.41, 5.74) is 7.14. The average molecular weight is 289 g/mol. The quantitative estimate of drug-likeness (QED) is 0.844. The number of carbonyl (C=O) groups is 1. The first kappa shape index (κ1) is 13.2. The molecule has 0 aliphatic rings. The molecule has 1 rings (SSSR count). The molecule has 3 N–H and O–H groups in total. The standard InChI is InChI=1S/C10H17BrN4O/c1-6(4-9(12)16)13-5-8-10(11)7(2)14-15(8)3/h6,13H,4-5H2,1-3H3,(H2,12,16). The van der Waals surface area contributed by atoms with E-state index in [1.165, 1.54) is 0 Å². The molecule has 0 spiro atoms. The number of rotatable bonds is 5. The minimum absolute atomic E-state index is 0.0691. The Labute approximate surface area is 104 Å². The number of hydrogen-bond donors (Lipinski definition) is 2. The lowest BCUT2D eigenvalue weighted by atomic mass is 10.2. The van der Waals surface area contributed by atoms with Gasteiger partial charge in [-0.2, -0.15) is 5.10 Å². The van der Waals surface area contributed by atoms with Crippen molar-refractivity contribution in [3.8, 4) is 0 Å². The normalized spacial score (nSPS) is 12.8. The number of nitrogens with one attached hydrogen (secondary N) is 1. The van der Waals surface area contributed by atoms with Crippen LogP contribution in [0.1, 0.15) is 24.7 Å². The van der Waals surface area contributed by atoms with Gasteiger partial charge >= 0.3 is 0 Å². The minimum atomic E-state index is -0.291. The molecule has 1 amide bonds. The smallest absolute Gasteiger partial charge is 0.218 e. The molecule has 0 bridgehead atoms. The van der Waals surface area contributed by atoms with Gasteiger partial charge in [0.15, 0.2) is 0 Å². The molecule has 0 aromatic carbocycles. The third kappa shape index (κ3) is 3.31. The Bertz CT molecular complexity index is 388. The van der Waals surface area contributed by atoms with Gasteiger partial charge in [0.25, 0.3) is 0 Å². The van der Waals surface area contributed by atoms with Crippen LogP contribution in [0.3, 0.4) is 0 Å². The molecular formula is C10H17BrN4O. The van der Waals surface area contributed by atoms with Gasteiger partial charge in [-0.05, 0) is 29.8 Å². The van der Waals surface area contributed by atoms with Crippen molar-refractivity contribution in [2.24, 2.45) is 12.8 Å². The first-order valence-corrected chi connectivity index (χ1v) is 5.90. The highest BCUT2D eigenvalue weighted by Crippen LogP contribution is 2.19. The summed E-state index contributed by atoms with van der Waals surface area (Å²) < 4.78 is 2.83. The molecule has 1 aromatic heterocycles. The van der Waals surface area contributed by atoms with Crippen LogP contribution in [0.25, 0.3) is 0 Å². The third-order valence-electron chi connectivity index (χ3n) is 2.39. The van der Waals surface area contributed by atoms with Crippen LogP contribution in [-0.4, -0.2) is 21.7 Å². The SMILES string of the molecule is Cc1nn(C)c(CNC(C)CC(N)=O)c1Br. The van der Waals surface area contributed by atoms with E-state index < -0.39 is 0 Å². The average Bonchev–Trinajstić information content (AvgIpc) is 2.38. The van der Waals surface area contributed by atoms with Crippen LogP contribution in [0, 0.1) is 6.92 Å². The third-order valence-corrected chi connectivity index (χ3v) is 3.42. The maximum absolute atomic E-state index is 10.7. The summed E-state index contributed by atoms with van der Waals surface area (Å²) in [6.07, 6.45) is 0.342. The van der Waals surface area contributed by atoms with E-state index in [1.807, 2.05) is 25.6 Å². The summed E-state index contributed by atoms with van der Waals surface area (Å²) in [7, 11) is 1.90. The van der Waals surface area contributed by atoms with E-state index in [0.29, 0.717) is 13.0 Å². The van der Waals surface area contributed by atoms with Gasteiger partial charge in [0.2, 0.25) is 5.91 Å². The lowest BCUT2D eigenvalue weighted by Crippen LogP contribution is -2.31. The highest BCUT2D eigenvalue weighted by Gasteiger charge is 2.12. The highest BCUT2D eigenvalue weighted by molar-refractivity contribution is 9.10. The maximum atomic E-state index is 10.7. The van der Waals surface area contributed by atoms with E-state index >= 15 is 0 Å². The van der Waals surface area contributed by atoms with Crippen LogP contribution >= 0.6 is 15.9 Å². The first-order valence-electron chi connectivity index (χ1n) is 5.11. The molecule has 1 aromatic rings. The summed E-state index contributed by atoms with van der Waals surface area (Å²) in [4.78, 5) is 10.7. The number of nitrogens with two attached hydrogens (primary N) is 1. The Morgan fingerprint density at radius 3 is 2.75 bits per heavy atom. The number of aromatic nitrogens is 2. The van der Waals surface area contributed by atoms with Gasteiger partial charge < -0.3 is 11.1 Å². The number of nitrogens with zero attached hydrogens (tertiary/aromatic N) is 2. The van der Waals surface area contributed by atoms with Crippen LogP contribution in [-0.2, 0) is 18.4 Å². The molecule has 0 aliphatic heterocycles. The van der Waals surface area contributed by atoms with Crippen molar-refractivity contribution in [1.29, 1.82) is 0 Å². The lowest BCUT2D eigenvalue weighted by molar-refractivity contribution is -0.118. The van der Waals surface area contributed by atoms with E-state index in [2.05, 4.69) is 26.3 Å². The molecular weight excluding hydrogens is 272 g/mol. The Balaban J connectivity index is 2.57. The Morgan fingerprint density at radius 2 is 2.31 bits per heavy atom. The molecule has 5 nitrogen and oxygen atoms in total. The number of carbonyl (C=O) groups excluding carboxylic acids is 1. The summed E-state index contributed by atoms with van der Waals surface area (Å²) in [5, 5.41) is 7.52. The summed E-state index contributed by atoms with van der Waals surface area (Å²) in [6.45, 7) is 4.54. The van der Waals surface area contributed by atoms with E-state index in [-0.39, 0.29) is 11.9 Å². The summed E-state index contributed by atoms with van der Waals surface area (Å²) in [6, 6.07) is 0.0691. The topological polar surface area (TPSA) is 72.9 Å². The van der Waals surface area contributed by atoms with Crippen molar-refractivity contribution in [3.05, 3.63) is 15.9 Å². The van der Waals surface area contributed by atoms with Crippen LogP contribution in [0.2, 0.25) is 0 Å². The van der Waals surface area contributed by atoms with E-state index in [9.17, 15) is 4.79 Å². The van der Waals surface area contributed by atoms with Gasteiger partial charge in [-0.1, -0.05) is 0 Å². The zero-order valence-corrected chi connectivity index (χ0v) is 11.3. The predicted octanol–water partition coefficient (Wildman–Crippen LogP) is 0.845. The maximum Gasteiger partial charge on any atom is 0.218 e. The zero-order chi connectivity index (χ0) is 12.3. The number of primary amides is 1. The molecule has 0 saturated carbocycles. The Morgan fingerprint density at radius 1 is 1.69 bits per heavy atom. The van der Waals surface area contributed by atoms with Gasteiger partial charge in [0, 0.05) is 26.1 Å². The zero-order valence-electron chi connectivity index (χ0n) is 9.75. The molecule has 16 heavy (non-hydrogen) atoms. The van der Waals surface area contributed by atoms with Crippen LogP contribution in [0.5, 0.6) is 0 Å². The summed E-state index contributed by atoms with van der Waals surface area (Å²) >= 11 is 3.49. The number of halogens is 1. The van der Waals surface area contributed by atoms with Crippen molar-refractivity contribution in [1.82, 2.24) is 15.1 Å². The monoisotopic (exact) mass is 288 g/mol. The largest absolute Gasteiger partial charge is 0.370 e. The predicted molar refractivity (Wildman–Crippen MR) is 65.8 cm³/mol. The van der Waals surface area contributed by atoms with Crippen molar-refractivity contribution in [2.45, 2.75) is 32.9 Å². The van der Waals surface area contributed by atoms with E-state index in [1.54, 1.807) is 0 Å². The highest BCUT2D eigenvalue weighted by atomic mass is 79.9. The minimum Gasteiger partial charge on any atom is -0.370 e. The van der Waals surface area contributed by atoms with Gasteiger partial charge in [-0.3, -0.25) is 9.48 Å². The second-order valence-electron chi connectivity index (χ2n) is 3.92. The fourth-order valence-corrected chi connectivity index (χ4v) is 1.99. The molecule has 1 heterocycles. The molecule has 0 radical (unpaired) electrons. The second kappa shape index (κ2) is 5.45. The van der Waals surface area contributed by atoms with E-state index in [4.69, 9.17) is 5.73 Å². The van der Waals surface area contributed by atoms with Crippen molar-refractivity contribution >= 4 is 21.8 Å². The summed E-state index contributed by atoms with van der Waals surface area (Å²) in [5.74, 6) is -0.291. The molecule has 1 atom stereocenters. The molecule has 6 heteroatoms. The molecule has 0 saturated heterocycles. The number of aryl methyl sites for hydroxylation is 2. The van der Waals surface area contributed by atoms with Crippen LogP contribution in [0.15, 0.2) is 4.47 Å². The van der Waals surface area contributed by atoms with Crippen molar-refractivity contribution < 1.29 is 4.79 Å². The first-order chi connectivity index (χ1) is 7.41. The molecule has 1 unspecified atom stereocenters. The van der Waals surface area contributed by atoms with Gasteiger partial charge in [-0.25, -0.2) is 0 Å². The Hall–Kier alpha value is -0.880. The molecule has 0 aliphatic carbocycles. The lowest BCUT2D eigenvalue weighted by Gasteiger charge is -2.12. The van der Waals surface area contributed by atoms with Crippen LogP contribution < -0.4 is 11.1 Å². The van der Waals surface area contributed by atoms with Gasteiger partial charge in [-0.15, -0.1) is 0 Å². The molecule has 90 valence electrons. The van der Waals surface area contributed by atoms with Gasteiger partial charge in [0.1, 0.15) is 0 Å². The molecule has 0 fully saturated rings. The second-order valence-corrected chi connectivity index (χ2v) is 4.72. The fourth-order valence-electron chi connectivity index (χ4n) is 1.52.